The second-order valence-electron chi connectivity index (χ2n) is 4.54. The minimum Gasteiger partial charge on any atom is -0.494 e. The van der Waals surface area contributed by atoms with Gasteiger partial charge in [0.15, 0.2) is 0 Å². The smallest absolute Gasteiger partial charge is 0.311 e. The van der Waals surface area contributed by atoms with E-state index in [0.29, 0.717) is 13.0 Å². The van der Waals surface area contributed by atoms with Gasteiger partial charge in [0.25, 0.3) is 0 Å². The first-order chi connectivity index (χ1) is 10.1. The van der Waals surface area contributed by atoms with Gasteiger partial charge in [-0.25, -0.2) is 0 Å². The van der Waals surface area contributed by atoms with Gasteiger partial charge < -0.3 is 9.84 Å². The fourth-order valence-electron chi connectivity index (χ4n) is 1.98. The lowest BCUT2D eigenvalue weighted by Crippen LogP contribution is -2.15. The van der Waals surface area contributed by atoms with Gasteiger partial charge in [0.2, 0.25) is 0 Å². The van der Waals surface area contributed by atoms with Crippen LogP contribution in [0.1, 0.15) is 17.9 Å². The van der Waals surface area contributed by atoms with Crippen molar-refractivity contribution in [2.45, 2.75) is 12.3 Å². The molecule has 110 valence electrons. The third-order valence-corrected chi connectivity index (χ3v) is 4.06. The van der Waals surface area contributed by atoms with Crippen LogP contribution < -0.4 is 4.74 Å². The van der Waals surface area contributed by atoms with Crippen molar-refractivity contribution in [3.8, 4) is 5.75 Å². The third-order valence-electron chi connectivity index (χ3n) is 3.04. The molecule has 0 aliphatic heterocycles. The Morgan fingerprint density at radius 2 is 1.81 bits per heavy atom. The zero-order valence-electron chi connectivity index (χ0n) is 11.1. The maximum absolute atomic E-state index is 11.4. The van der Waals surface area contributed by atoms with Crippen molar-refractivity contribution in [3.63, 3.8) is 0 Å². The summed E-state index contributed by atoms with van der Waals surface area (Å²) in [7, 11) is 0. The summed E-state index contributed by atoms with van der Waals surface area (Å²) in [6.45, 7) is 0.352. The average molecular weight is 414 g/mol. The van der Waals surface area contributed by atoms with Gasteiger partial charge >= 0.3 is 5.97 Å². The van der Waals surface area contributed by atoms with Gasteiger partial charge in [0.05, 0.1) is 12.5 Å². The molecule has 1 unspecified atom stereocenters. The van der Waals surface area contributed by atoms with E-state index in [9.17, 15) is 9.90 Å². The van der Waals surface area contributed by atoms with Crippen LogP contribution in [-0.4, -0.2) is 17.7 Å². The highest BCUT2D eigenvalue weighted by Gasteiger charge is 2.20. The monoisotopic (exact) mass is 412 g/mol. The van der Waals surface area contributed by atoms with Crippen molar-refractivity contribution in [1.29, 1.82) is 0 Å². The first-order valence-corrected chi connectivity index (χ1v) is 8.01. The molecule has 0 radical (unpaired) electrons. The molecule has 5 heteroatoms. The fraction of sp³-hybridized carbons (Fsp3) is 0.188. The molecule has 0 saturated heterocycles. The number of rotatable bonds is 6. The lowest BCUT2D eigenvalue weighted by molar-refractivity contribution is -0.139. The maximum Gasteiger partial charge on any atom is 0.311 e. The summed E-state index contributed by atoms with van der Waals surface area (Å²) < 4.78 is 7.45. The molecule has 0 amide bonds. The number of benzene rings is 2. The van der Waals surface area contributed by atoms with Gasteiger partial charge in [0.1, 0.15) is 5.75 Å². The van der Waals surface area contributed by atoms with Gasteiger partial charge in [0, 0.05) is 8.95 Å². The van der Waals surface area contributed by atoms with Crippen LogP contribution in [-0.2, 0) is 4.79 Å². The van der Waals surface area contributed by atoms with Crippen LogP contribution in [0.15, 0.2) is 57.5 Å². The maximum atomic E-state index is 11.4. The highest BCUT2D eigenvalue weighted by molar-refractivity contribution is 9.10. The molecule has 0 fully saturated rings. The lowest BCUT2D eigenvalue weighted by Gasteiger charge is -2.14. The van der Waals surface area contributed by atoms with Gasteiger partial charge in [-0.15, -0.1) is 0 Å². The zero-order valence-corrected chi connectivity index (χ0v) is 14.3. The Morgan fingerprint density at radius 1 is 1.10 bits per heavy atom. The molecule has 0 spiro atoms. The summed E-state index contributed by atoms with van der Waals surface area (Å²) in [5, 5.41) is 9.37. The molecule has 0 aliphatic carbocycles. The minimum absolute atomic E-state index is 0.352. The van der Waals surface area contributed by atoms with Crippen LogP contribution >= 0.6 is 31.9 Å². The summed E-state index contributed by atoms with van der Waals surface area (Å²) in [6, 6.07) is 14.8. The molecule has 2 aromatic carbocycles. The topological polar surface area (TPSA) is 46.5 Å². The van der Waals surface area contributed by atoms with Crippen LogP contribution in [0.5, 0.6) is 5.75 Å². The van der Waals surface area contributed by atoms with Crippen LogP contribution in [0.2, 0.25) is 0 Å². The normalized spacial score (nSPS) is 11.9. The fourth-order valence-corrected chi connectivity index (χ4v) is 2.66. The largest absolute Gasteiger partial charge is 0.494 e. The van der Waals surface area contributed by atoms with Crippen LogP contribution in [0.4, 0.5) is 0 Å². The van der Waals surface area contributed by atoms with Gasteiger partial charge in [-0.05, 0) is 48.4 Å². The van der Waals surface area contributed by atoms with Crippen LogP contribution in [0.25, 0.3) is 0 Å². The number of carboxylic acids is 1. The van der Waals surface area contributed by atoms with Crippen molar-refractivity contribution in [2.24, 2.45) is 0 Å². The molecule has 0 aliphatic rings. The Morgan fingerprint density at radius 3 is 2.43 bits per heavy atom. The minimum atomic E-state index is -0.840. The van der Waals surface area contributed by atoms with E-state index in [1.807, 2.05) is 48.5 Å². The van der Waals surface area contributed by atoms with E-state index in [1.165, 1.54) is 0 Å². The Kier molecular flexibility index (Phi) is 5.82. The van der Waals surface area contributed by atoms with E-state index in [4.69, 9.17) is 4.74 Å². The summed E-state index contributed by atoms with van der Waals surface area (Å²) in [5.41, 5.74) is 0.774. The van der Waals surface area contributed by atoms with Gasteiger partial charge in [-0.1, -0.05) is 44.0 Å². The Bertz CT molecular complexity index is 611. The predicted molar refractivity (Wildman–Crippen MR) is 88.8 cm³/mol. The van der Waals surface area contributed by atoms with Crippen molar-refractivity contribution in [3.05, 3.63) is 63.0 Å². The van der Waals surface area contributed by atoms with Gasteiger partial charge in [-0.2, -0.15) is 0 Å². The number of carboxylic acid groups (broad SMARTS) is 1. The van der Waals surface area contributed by atoms with E-state index in [1.54, 1.807) is 0 Å². The highest BCUT2D eigenvalue weighted by atomic mass is 79.9. The molecule has 2 rings (SSSR count). The van der Waals surface area contributed by atoms with Crippen molar-refractivity contribution in [1.82, 2.24) is 0 Å². The highest BCUT2D eigenvalue weighted by Crippen LogP contribution is 2.24. The molecular formula is C16H14Br2O3. The quantitative estimate of drug-likeness (QED) is 0.736. The molecule has 2 aromatic rings. The van der Waals surface area contributed by atoms with Gasteiger partial charge in [-0.3, -0.25) is 4.79 Å². The number of hydrogen-bond acceptors (Lipinski definition) is 2. The van der Waals surface area contributed by atoms with E-state index in [-0.39, 0.29) is 0 Å². The molecule has 3 nitrogen and oxygen atoms in total. The van der Waals surface area contributed by atoms with E-state index in [2.05, 4.69) is 31.9 Å². The number of ether oxygens (including phenoxy) is 1. The molecule has 1 N–H and O–H groups in total. The Balaban J connectivity index is 1.98. The molecular weight excluding hydrogens is 400 g/mol. The first kappa shape index (κ1) is 16.0. The van der Waals surface area contributed by atoms with Crippen molar-refractivity contribution < 1.29 is 14.6 Å². The Hall–Kier alpha value is -1.33. The molecule has 0 saturated carbocycles. The molecule has 0 aromatic heterocycles. The van der Waals surface area contributed by atoms with E-state index in [0.717, 1.165) is 20.3 Å². The number of hydrogen-bond donors (Lipinski definition) is 1. The number of aliphatic carboxylic acids is 1. The molecule has 0 bridgehead atoms. The van der Waals surface area contributed by atoms with Crippen molar-refractivity contribution in [2.75, 3.05) is 6.61 Å². The number of carbonyl (C=O) groups is 1. The molecule has 0 heterocycles. The summed E-state index contributed by atoms with van der Waals surface area (Å²) in [5.74, 6) is -0.679. The lowest BCUT2D eigenvalue weighted by atomic mass is 9.96. The van der Waals surface area contributed by atoms with Crippen molar-refractivity contribution >= 4 is 37.8 Å². The molecule has 21 heavy (non-hydrogen) atoms. The van der Waals surface area contributed by atoms with E-state index >= 15 is 0 Å². The Labute approximate surface area is 140 Å². The van der Waals surface area contributed by atoms with E-state index < -0.39 is 11.9 Å². The number of halogens is 2. The summed E-state index contributed by atoms with van der Waals surface area (Å²) in [6.07, 6.45) is 0.419. The predicted octanol–water partition coefficient (Wildman–Crippen LogP) is 4.85. The first-order valence-electron chi connectivity index (χ1n) is 6.43. The second-order valence-corrected chi connectivity index (χ2v) is 6.37. The standard InChI is InChI=1S/C16H14Br2O3/c17-12-4-6-14(7-5-12)21-9-8-15(16(19)20)11-2-1-3-13(18)10-11/h1-7,10,15H,8-9H2,(H,19,20). The molecule has 1 atom stereocenters. The second kappa shape index (κ2) is 7.61. The van der Waals surface area contributed by atoms with Crippen LogP contribution in [0.3, 0.4) is 0 Å². The third kappa shape index (κ3) is 4.86. The summed E-state index contributed by atoms with van der Waals surface area (Å²) in [4.78, 5) is 11.4. The average Bonchev–Trinajstić information content (AvgIpc) is 2.45. The SMILES string of the molecule is O=C(O)C(CCOc1ccc(Br)cc1)c1cccc(Br)c1. The summed E-state index contributed by atoms with van der Waals surface area (Å²) >= 11 is 6.72. The van der Waals surface area contributed by atoms with Crippen LogP contribution in [0, 0.1) is 0 Å². The zero-order chi connectivity index (χ0) is 15.2.